The summed E-state index contributed by atoms with van der Waals surface area (Å²) in [6.45, 7) is 0. The molecule has 40 heavy (non-hydrogen) atoms. The Hall–Kier alpha value is -1.14. The predicted octanol–water partition coefficient (Wildman–Crippen LogP) is 5.70. The Labute approximate surface area is 313 Å². The van der Waals surface area contributed by atoms with Crippen molar-refractivity contribution in [2.75, 3.05) is 0 Å². The van der Waals surface area contributed by atoms with E-state index in [1.807, 2.05) is 0 Å². The van der Waals surface area contributed by atoms with Crippen LogP contribution in [-0.2, 0) is 19.5 Å². The Morgan fingerprint density at radius 1 is 0.225 bits per heavy atom. The molecule has 196 valence electrons. The largest absolute Gasteiger partial charge is 0.0622 e. The Morgan fingerprint density at radius 3 is 0.475 bits per heavy atom. The molecule has 0 unspecified atom stereocenters. The molecule has 0 bridgehead atoms. The molecule has 0 aromatic heterocycles. The van der Waals surface area contributed by atoms with Crippen LogP contribution < -0.4 is 31.8 Å². The molecule has 0 nitrogen and oxygen atoms in total. The minimum atomic E-state index is -0.446. The molecule has 0 atom stereocenters. The first-order chi connectivity index (χ1) is 18.9. The molecule has 0 heterocycles. The molecule has 4 heteroatoms. The van der Waals surface area contributed by atoms with E-state index in [9.17, 15) is 0 Å². The minimum Gasteiger partial charge on any atom is -0.0622 e. The summed E-state index contributed by atoms with van der Waals surface area (Å²) in [5.74, 6) is 0. The van der Waals surface area contributed by atoms with E-state index in [0.717, 1.165) is 0 Å². The fraction of sp³-hybridized carbons (Fsp3) is 0. The van der Waals surface area contributed by atoms with Gasteiger partial charge in [-0.1, -0.05) is 182 Å². The number of rotatable bonds is 6. The maximum absolute atomic E-state index is 2.23. The Kier molecular flexibility index (Phi) is 15.3. The van der Waals surface area contributed by atoms with Crippen molar-refractivity contribution >= 4 is 117 Å². The fourth-order valence-electron chi connectivity index (χ4n) is 4.36. The first-order valence-electron chi connectivity index (χ1n) is 12.8. The SMILES string of the molecule is [Cs].[RuH3].c1ccc(P(c2ccccc2)c2ccccc2)cc1.c1ccc(P(c2ccccc2)c2ccccc2)cc1. The van der Waals surface area contributed by atoms with Crippen molar-refractivity contribution in [1.82, 2.24) is 0 Å². The second-order valence-electron chi connectivity index (χ2n) is 8.68. The predicted molar refractivity (Wildman–Crippen MR) is 180 cm³/mol. The summed E-state index contributed by atoms with van der Waals surface area (Å²) in [6.07, 6.45) is 0. The van der Waals surface area contributed by atoms with Crippen molar-refractivity contribution in [1.29, 1.82) is 0 Å². The van der Waals surface area contributed by atoms with Crippen molar-refractivity contribution in [2.24, 2.45) is 0 Å². The number of hydrogen-bond donors (Lipinski definition) is 0. The van der Waals surface area contributed by atoms with E-state index in [0.29, 0.717) is 0 Å². The van der Waals surface area contributed by atoms with Gasteiger partial charge in [-0.05, 0) is 47.7 Å². The zero-order chi connectivity index (χ0) is 25.8. The summed E-state index contributed by atoms with van der Waals surface area (Å²) in [5, 5.41) is 8.39. The maximum Gasteiger partial charge on any atom is -0.0134 e. The van der Waals surface area contributed by atoms with E-state index in [1.54, 1.807) is 0 Å². The van der Waals surface area contributed by atoms with Crippen LogP contribution in [0.2, 0.25) is 0 Å². The molecule has 0 saturated heterocycles. The van der Waals surface area contributed by atoms with Gasteiger partial charge in [0.2, 0.25) is 0 Å². The molecule has 0 saturated carbocycles. The van der Waals surface area contributed by atoms with E-state index in [1.165, 1.54) is 31.8 Å². The maximum atomic E-state index is 2.23. The molecule has 1 radical (unpaired) electrons. The molecule has 0 N–H and O–H groups in total. The molecule has 0 amide bonds. The number of benzene rings is 6. The van der Waals surface area contributed by atoms with E-state index in [-0.39, 0.29) is 88.4 Å². The van der Waals surface area contributed by atoms with Gasteiger partial charge in [-0.15, -0.1) is 0 Å². The first-order valence-corrected chi connectivity index (χ1v) is 15.5. The molecule has 0 aliphatic rings. The van der Waals surface area contributed by atoms with E-state index < -0.39 is 15.8 Å². The van der Waals surface area contributed by atoms with Crippen molar-refractivity contribution in [3.8, 4) is 0 Å². The molecular formula is C36H33CsP2Ru. The molecular weight excluding hydrogens is 728 g/mol. The monoisotopic (exact) mass is 762 g/mol. The summed E-state index contributed by atoms with van der Waals surface area (Å²) in [4.78, 5) is 0. The Balaban J connectivity index is 0.000000210. The second-order valence-corrected chi connectivity index (χ2v) is 13.1. The van der Waals surface area contributed by atoms with Crippen LogP contribution in [0.15, 0.2) is 182 Å². The van der Waals surface area contributed by atoms with Crippen molar-refractivity contribution < 1.29 is 19.5 Å². The molecule has 0 aliphatic carbocycles. The van der Waals surface area contributed by atoms with Gasteiger partial charge in [0.25, 0.3) is 0 Å². The molecule has 0 aliphatic heterocycles. The normalized spacial score (nSPS) is 10.1. The zero-order valence-electron chi connectivity index (χ0n) is 22.7. The molecule has 0 fully saturated rings. The third-order valence-electron chi connectivity index (χ3n) is 6.09. The van der Waals surface area contributed by atoms with Gasteiger partial charge in [-0.25, -0.2) is 0 Å². The van der Waals surface area contributed by atoms with E-state index >= 15 is 0 Å². The standard InChI is InChI=1S/2C18H15P.Cs.Ru.3H/c2*1-4-10-16(11-5-1)19(17-12-6-2-7-13-17)18-14-8-3-9-15-18;;;;;/h2*1-15H;;;;;. The van der Waals surface area contributed by atoms with E-state index in [2.05, 4.69) is 182 Å². The van der Waals surface area contributed by atoms with Crippen molar-refractivity contribution in [3.05, 3.63) is 182 Å². The quantitative estimate of drug-likeness (QED) is 0.151. The van der Waals surface area contributed by atoms with Crippen LogP contribution in [0.25, 0.3) is 0 Å². The summed E-state index contributed by atoms with van der Waals surface area (Å²) in [7, 11) is -0.892. The van der Waals surface area contributed by atoms with Crippen LogP contribution in [0, 0.1) is 0 Å². The third-order valence-corrected chi connectivity index (χ3v) is 11.0. The van der Waals surface area contributed by atoms with Gasteiger partial charge < -0.3 is 0 Å². The summed E-state index contributed by atoms with van der Waals surface area (Å²) < 4.78 is 0. The molecule has 0 spiro atoms. The molecule has 6 rings (SSSR count). The average molecular weight is 762 g/mol. The van der Waals surface area contributed by atoms with Gasteiger partial charge in [0, 0.05) is 68.9 Å². The van der Waals surface area contributed by atoms with Crippen LogP contribution in [0.4, 0.5) is 0 Å². The number of hydrogen-bond acceptors (Lipinski definition) is 0. The minimum absolute atomic E-state index is 0. The smallest absolute Gasteiger partial charge is 0.0134 e. The van der Waals surface area contributed by atoms with Crippen LogP contribution in [0.3, 0.4) is 0 Å². The van der Waals surface area contributed by atoms with Gasteiger partial charge >= 0.3 is 19.5 Å². The molecule has 6 aromatic rings. The topological polar surface area (TPSA) is 0 Å². The van der Waals surface area contributed by atoms with Crippen molar-refractivity contribution in [2.45, 2.75) is 0 Å². The van der Waals surface area contributed by atoms with Gasteiger partial charge in [-0.2, -0.15) is 0 Å². The van der Waals surface area contributed by atoms with Crippen molar-refractivity contribution in [3.63, 3.8) is 0 Å². The summed E-state index contributed by atoms with van der Waals surface area (Å²) >= 11 is 0. The Bertz CT molecular complexity index is 1180. The summed E-state index contributed by atoms with van der Waals surface area (Å²) in [5.41, 5.74) is 0. The zero-order valence-corrected chi connectivity index (χ0v) is 32.9. The average Bonchev–Trinajstić information content (AvgIpc) is 3.01. The second kappa shape index (κ2) is 18.4. The van der Waals surface area contributed by atoms with Crippen LogP contribution >= 0.6 is 15.8 Å². The third kappa shape index (κ3) is 9.44. The first kappa shape index (κ1) is 33.4. The van der Waals surface area contributed by atoms with Gasteiger partial charge in [0.1, 0.15) is 0 Å². The van der Waals surface area contributed by atoms with Gasteiger partial charge in [0.15, 0.2) is 0 Å². The van der Waals surface area contributed by atoms with E-state index in [4.69, 9.17) is 0 Å². The van der Waals surface area contributed by atoms with Crippen LogP contribution in [0.5, 0.6) is 0 Å². The Morgan fingerprint density at radius 2 is 0.350 bits per heavy atom. The van der Waals surface area contributed by atoms with Crippen LogP contribution in [0.1, 0.15) is 0 Å². The van der Waals surface area contributed by atoms with Gasteiger partial charge in [-0.3, -0.25) is 0 Å². The summed E-state index contributed by atoms with van der Waals surface area (Å²) in [6, 6.07) is 64.7. The van der Waals surface area contributed by atoms with Gasteiger partial charge in [0.05, 0.1) is 0 Å². The van der Waals surface area contributed by atoms with Crippen LogP contribution in [-0.4, -0.2) is 68.9 Å². The fourth-order valence-corrected chi connectivity index (χ4v) is 8.97. The molecule has 6 aromatic carbocycles.